The zero-order valence-corrected chi connectivity index (χ0v) is 16.5. The minimum Gasteiger partial charge on any atom is -0.502 e. The number of hydrogen-bond donors (Lipinski definition) is 3. The van der Waals surface area contributed by atoms with Crippen LogP contribution in [-0.4, -0.2) is 31.2 Å². The quantitative estimate of drug-likeness (QED) is 0.449. The van der Waals surface area contributed by atoms with E-state index in [-0.39, 0.29) is 30.0 Å². The number of aryl methyl sites for hydroxylation is 1. The van der Waals surface area contributed by atoms with Gasteiger partial charge in [0.2, 0.25) is 11.6 Å². The standard InChI is InChI=1S/C22H20N4O4/c1-14-17(10-7-11-18-15(2)24-25(12-13-27)20(18)28)21(29)26(22(30)19(14)23-3)16-8-5-4-6-9-16/h4-6,8-11,24,27,30H,12-13H2,1-2H3. The molecule has 0 saturated carbocycles. The van der Waals surface area contributed by atoms with Gasteiger partial charge in [0.05, 0.1) is 31.0 Å². The molecule has 0 amide bonds. The zero-order valence-electron chi connectivity index (χ0n) is 16.5. The average molecular weight is 404 g/mol. The Kier molecular flexibility index (Phi) is 5.88. The number of nitrogens with zero attached hydrogens (tertiary/aromatic N) is 3. The van der Waals surface area contributed by atoms with Crippen molar-refractivity contribution in [3.63, 3.8) is 0 Å². The van der Waals surface area contributed by atoms with Gasteiger partial charge < -0.3 is 10.2 Å². The van der Waals surface area contributed by atoms with Crippen molar-refractivity contribution >= 4 is 17.8 Å². The number of aliphatic hydroxyl groups is 1. The number of pyridine rings is 1. The van der Waals surface area contributed by atoms with Crippen molar-refractivity contribution in [1.82, 2.24) is 14.3 Å². The molecular weight excluding hydrogens is 384 g/mol. The van der Waals surface area contributed by atoms with Crippen LogP contribution in [0.2, 0.25) is 0 Å². The van der Waals surface area contributed by atoms with Crippen LogP contribution in [0, 0.1) is 20.4 Å². The fourth-order valence-electron chi connectivity index (χ4n) is 3.15. The monoisotopic (exact) mass is 404 g/mol. The van der Waals surface area contributed by atoms with Gasteiger partial charge in [0, 0.05) is 11.3 Å². The summed E-state index contributed by atoms with van der Waals surface area (Å²) in [6.45, 7) is 10.7. The summed E-state index contributed by atoms with van der Waals surface area (Å²) in [5, 5.41) is 22.4. The molecule has 0 atom stereocenters. The molecule has 0 saturated heterocycles. The molecule has 3 rings (SSSR count). The minimum atomic E-state index is -0.506. The average Bonchev–Trinajstić information content (AvgIpc) is 2.99. The molecule has 3 aromatic rings. The third kappa shape index (κ3) is 3.63. The summed E-state index contributed by atoms with van der Waals surface area (Å²) in [7, 11) is 0. The number of para-hydroxylation sites is 1. The number of aromatic amines is 1. The van der Waals surface area contributed by atoms with Gasteiger partial charge in [-0.3, -0.25) is 23.9 Å². The predicted molar refractivity (Wildman–Crippen MR) is 114 cm³/mol. The summed E-state index contributed by atoms with van der Waals surface area (Å²) in [5.74, 6) is -0.423. The largest absolute Gasteiger partial charge is 0.502 e. The normalized spacial score (nSPS) is 10.3. The van der Waals surface area contributed by atoms with Gasteiger partial charge in [-0.05, 0) is 43.7 Å². The van der Waals surface area contributed by atoms with Crippen LogP contribution < -0.4 is 11.1 Å². The van der Waals surface area contributed by atoms with Crippen molar-refractivity contribution in [3.05, 3.63) is 90.6 Å². The van der Waals surface area contributed by atoms with E-state index in [0.29, 0.717) is 22.5 Å². The molecular formula is C22H20N4O4. The maximum absolute atomic E-state index is 13.1. The van der Waals surface area contributed by atoms with Crippen molar-refractivity contribution in [2.75, 3.05) is 6.61 Å². The van der Waals surface area contributed by atoms with E-state index in [1.807, 2.05) is 0 Å². The van der Waals surface area contributed by atoms with E-state index in [9.17, 15) is 14.7 Å². The minimum absolute atomic E-state index is 0.0328. The fraction of sp³-hybridized carbons (Fsp3) is 0.182. The highest BCUT2D eigenvalue weighted by atomic mass is 16.3. The van der Waals surface area contributed by atoms with Crippen LogP contribution >= 0.6 is 0 Å². The summed E-state index contributed by atoms with van der Waals surface area (Å²) in [5.41, 5.74) is 3.87. The first-order valence-electron chi connectivity index (χ1n) is 9.14. The number of aromatic nitrogens is 3. The van der Waals surface area contributed by atoms with Crippen molar-refractivity contribution in [2.24, 2.45) is 0 Å². The Bertz CT molecular complexity index is 1310. The van der Waals surface area contributed by atoms with Crippen molar-refractivity contribution in [2.45, 2.75) is 20.4 Å². The van der Waals surface area contributed by atoms with Gasteiger partial charge in [-0.15, -0.1) is 5.73 Å². The molecule has 3 N–H and O–H groups in total. The molecule has 8 heteroatoms. The fourth-order valence-corrected chi connectivity index (χ4v) is 3.15. The second-order valence-corrected chi connectivity index (χ2v) is 6.59. The molecule has 2 aromatic heterocycles. The Morgan fingerprint density at radius 3 is 2.43 bits per heavy atom. The molecule has 152 valence electrons. The van der Waals surface area contributed by atoms with Crippen LogP contribution in [0.5, 0.6) is 5.88 Å². The van der Waals surface area contributed by atoms with Crippen molar-refractivity contribution in [3.8, 4) is 11.6 Å². The number of nitrogens with one attached hydrogen (secondary N) is 1. The van der Waals surface area contributed by atoms with Crippen LogP contribution in [0.4, 0.5) is 5.69 Å². The maximum atomic E-state index is 13.1. The molecule has 0 unspecified atom stereocenters. The smallest absolute Gasteiger partial charge is 0.274 e. The second-order valence-electron chi connectivity index (χ2n) is 6.59. The van der Waals surface area contributed by atoms with E-state index < -0.39 is 11.4 Å². The highest BCUT2D eigenvalue weighted by molar-refractivity contribution is 5.70. The molecule has 0 aliphatic carbocycles. The Hall–Kier alpha value is -4.05. The summed E-state index contributed by atoms with van der Waals surface area (Å²) < 4.78 is 2.36. The molecule has 0 aliphatic rings. The van der Waals surface area contributed by atoms with E-state index in [2.05, 4.69) is 15.7 Å². The third-order valence-electron chi connectivity index (χ3n) is 4.70. The van der Waals surface area contributed by atoms with Crippen LogP contribution in [0.3, 0.4) is 0 Å². The van der Waals surface area contributed by atoms with Gasteiger partial charge in [-0.25, -0.2) is 4.85 Å². The van der Waals surface area contributed by atoms with E-state index in [4.69, 9.17) is 11.7 Å². The van der Waals surface area contributed by atoms with Crippen LogP contribution in [0.15, 0.2) is 45.7 Å². The summed E-state index contributed by atoms with van der Waals surface area (Å²) in [6.07, 6.45) is 2.84. The molecule has 30 heavy (non-hydrogen) atoms. The lowest BCUT2D eigenvalue weighted by atomic mass is 10.1. The van der Waals surface area contributed by atoms with E-state index in [0.717, 1.165) is 4.57 Å². The number of benzene rings is 1. The number of aromatic hydroxyl groups is 1. The highest BCUT2D eigenvalue weighted by Gasteiger charge is 2.18. The van der Waals surface area contributed by atoms with Crippen LogP contribution in [-0.2, 0) is 6.54 Å². The Balaban J connectivity index is 2.18. The number of hydrogen-bond acceptors (Lipinski definition) is 4. The van der Waals surface area contributed by atoms with Crippen molar-refractivity contribution < 1.29 is 10.2 Å². The summed E-state index contributed by atoms with van der Waals surface area (Å²) in [6, 6.07) is 8.53. The van der Waals surface area contributed by atoms with E-state index >= 15 is 0 Å². The van der Waals surface area contributed by atoms with E-state index in [1.165, 1.54) is 16.8 Å². The van der Waals surface area contributed by atoms with Crippen LogP contribution in [0.1, 0.15) is 22.4 Å². The summed E-state index contributed by atoms with van der Waals surface area (Å²) >= 11 is 0. The number of H-pyrrole nitrogens is 1. The zero-order chi connectivity index (χ0) is 21.8. The van der Waals surface area contributed by atoms with Gasteiger partial charge in [0.25, 0.3) is 11.1 Å². The summed E-state index contributed by atoms with van der Waals surface area (Å²) in [4.78, 5) is 28.8. The molecule has 0 bridgehead atoms. The first-order chi connectivity index (χ1) is 14.4. The Morgan fingerprint density at radius 1 is 1.13 bits per heavy atom. The number of aliphatic hydroxyl groups excluding tert-OH is 1. The van der Waals surface area contributed by atoms with Gasteiger partial charge >= 0.3 is 0 Å². The van der Waals surface area contributed by atoms with Crippen LogP contribution in [0.25, 0.3) is 22.7 Å². The lowest BCUT2D eigenvalue weighted by Crippen LogP contribution is -2.21. The molecule has 0 fully saturated rings. The van der Waals surface area contributed by atoms with Gasteiger partial charge in [0.1, 0.15) is 0 Å². The SMILES string of the molecule is [C-]#[N+]c1c(C)c(C=C=Cc2c(C)[nH]n(CCO)c2=O)c(=O)n(-c2ccccc2)c1O. The maximum Gasteiger partial charge on any atom is 0.274 e. The Morgan fingerprint density at radius 2 is 1.80 bits per heavy atom. The predicted octanol–water partition coefficient (Wildman–Crippen LogP) is 2.52. The van der Waals surface area contributed by atoms with Gasteiger partial charge in [-0.1, -0.05) is 18.2 Å². The topological polar surface area (TPSA) is 105 Å². The second kappa shape index (κ2) is 8.53. The Labute approximate surface area is 172 Å². The molecule has 8 nitrogen and oxygen atoms in total. The molecule has 0 spiro atoms. The van der Waals surface area contributed by atoms with Gasteiger partial charge in [-0.2, -0.15) is 0 Å². The van der Waals surface area contributed by atoms with Gasteiger partial charge in [0.15, 0.2) is 0 Å². The first kappa shape index (κ1) is 20.7. The molecule has 0 radical (unpaired) electrons. The highest BCUT2D eigenvalue weighted by Crippen LogP contribution is 2.32. The lowest BCUT2D eigenvalue weighted by Gasteiger charge is -2.13. The van der Waals surface area contributed by atoms with E-state index in [1.54, 1.807) is 44.2 Å². The third-order valence-corrected chi connectivity index (χ3v) is 4.70. The molecule has 0 aliphatic heterocycles. The molecule has 2 heterocycles. The van der Waals surface area contributed by atoms with Crippen molar-refractivity contribution in [1.29, 1.82) is 0 Å². The molecule has 1 aromatic carbocycles. The first-order valence-corrected chi connectivity index (χ1v) is 9.14. The lowest BCUT2D eigenvalue weighted by molar-refractivity contribution is 0.267. The number of rotatable bonds is 5.